The zero-order valence-electron chi connectivity index (χ0n) is 24.4. The number of thiocarbonyl (C=S) groups is 2. The van der Waals surface area contributed by atoms with E-state index < -0.39 is 17.6 Å². The van der Waals surface area contributed by atoms with Gasteiger partial charge in [-0.25, -0.2) is 0 Å². The molecule has 0 radical (unpaired) electrons. The smallest absolute Gasteiger partial charge is 0.472 e. The second-order valence-corrected chi connectivity index (χ2v) is 17.1. The van der Waals surface area contributed by atoms with Crippen LogP contribution in [-0.2, 0) is 45.5 Å². The Morgan fingerprint density at radius 1 is 0.974 bits per heavy atom. The van der Waals surface area contributed by atoms with Crippen molar-refractivity contribution in [2.45, 2.75) is 37.1 Å². The second kappa shape index (κ2) is 23.9. The van der Waals surface area contributed by atoms with E-state index in [1.807, 2.05) is 6.26 Å². The Labute approximate surface area is 256 Å². The van der Waals surface area contributed by atoms with Gasteiger partial charge in [0, 0.05) is 86.5 Å². The van der Waals surface area contributed by atoms with E-state index in [9.17, 15) is 0 Å². The van der Waals surface area contributed by atoms with E-state index in [1.165, 1.54) is 0 Å². The van der Waals surface area contributed by atoms with Gasteiger partial charge in [-0.15, -0.1) is 0 Å². The fourth-order valence-corrected chi connectivity index (χ4v) is 8.37. The van der Waals surface area contributed by atoms with Crippen LogP contribution in [0.4, 0.5) is 0 Å². The van der Waals surface area contributed by atoms with Gasteiger partial charge < -0.3 is 50.8 Å². The van der Waals surface area contributed by atoms with Gasteiger partial charge in [0.25, 0.3) is 5.17 Å². The van der Waals surface area contributed by atoms with Gasteiger partial charge >= 0.3 is 17.6 Å². The fourth-order valence-electron chi connectivity index (χ4n) is 3.28. The molecule has 39 heavy (non-hydrogen) atoms. The normalized spacial score (nSPS) is 16.3. The van der Waals surface area contributed by atoms with Crippen molar-refractivity contribution >= 4 is 75.1 Å². The molecule has 1 rings (SSSR count). The molecular weight excluding hydrogens is 623 g/mol. The van der Waals surface area contributed by atoms with Gasteiger partial charge in [-0.1, -0.05) is 11.8 Å². The van der Waals surface area contributed by atoms with E-state index in [1.54, 1.807) is 73.2 Å². The van der Waals surface area contributed by atoms with Crippen LogP contribution in [0.2, 0.25) is 12.1 Å². The van der Waals surface area contributed by atoms with Crippen molar-refractivity contribution in [3.05, 3.63) is 0 Å². The standard InChI is InChI=1S/C12H27NO5S2Si.C10H20O5S2Si/c1-13-12(19)18-11(10-20-5)9-17-7-6-8-21(14-2,15-3)16-4;1-11-18(12-2,13-3)6-4-5-14-7-9-8-17-10(16)15-9/h11H,6-10H2,1-5H3,(H,13,19);9H,4-8H2,1-3H3. The summed E-state index contributed by atoms with van der Waals surface area (Å²) >= 11 is 13.2. The second-order valence-electron chi connectivity index (χ2n) is 7.98. The van der Waals surface area contributed by atoms with Crippen LogP contribution in [0.25, 0.3) is 0 Å². The monoisotopic (exact) mass is 669 g/mol. The molecule has 0 aliphatic carbocycles. The maximum Gasteiger partial charge on any atom is 0.500 e. The Morgan fingerprint density at radius 2 is 1.49 bits per heavy atom. The molecule has 1 saturated heterocycles. The Bertz CT molecular complexity index is 635. The summed E-state index contributed by atoms with van der Waals surface area (Å²) in [4.78, 5) is 0. The molecule has 0 saturated carbocycles. The SMILES string of the molecule is CNC(=S)OC(COCCC[Si](OC)(OC)OC)CSC.CO[Si](CCCOCC1CSC(=S)O1)(OC)OC. The van der Waals surface area contributed by atoms with E-state index in [0.717, 1.165) is 36.4 Å². The molecule has 11 nitrogen and oxygen atoms in total. The predicted octanol–water partition coefficient (Wildman–Crippen LogP) is 3.21. The van der Waals surface area contributed by atoms with Crippen LogP contribution in [0.5, 0.6) is 0 Å². The lowest BCUT2D eigenvalue weighted by molar-refractivity contribution is 0.0520. The highest BCUT2D eigenvalue weighted by atomic mass is 32.2. The summed E-state index contributed by atoms with van der Waals surface area (Å²) in [5.41, 5.74) is 0. The minimum absolute atomic E-state index is 0.0470. The van der Waals surface area contributed by atoms with Gasteiger partial charge in [-0.05, 0) is 43.5 Å². The summed E-state index contributed by atoms with van der Waals surface area (Å²) < 4.78 is 54.8. The van der Waals surface area contributed by atoms with Gasteiger partial charge in [-0.3, -0.25) is 0 Å². The summed E-state index contributed by atoms with van der Waals surface area (Å²) in [6, 6.07) is 1.47. The summed E-state index contributed by atoms with van der Waals surface area (Å²) in [5.74, 6) is 1.71. The third-order valence-corrected chi connectivity index (χ3v) is 13.5. The van der Waals surface area contributed by atoms with E-state index in [4.69, 9.17) is 69.9 Å². The van der Waals surface area contributed by atoms with Crippen LogP contribution < -0.4 is 5.32 Å². The van der Waals surface area contributed by atoms with E-state index in [0.29, 0.717) is 36.0 Å². The molecule has 0 aromatic carbocycles. The van der Waals surface area contributed by atoms with Gasteiger partial charge in [0.1, 0.15) is 12.2 Å². The number of thioether (sulfide) groups is 2. The van der Waals surface area contributed by atoms with Crippen molar-refractivity contribution in [3.63, 3.8) is 0 Å². The van der Waals surface area contributed by atoms with Crippen LogP contribution in [-0.4, -0.2) is 133 Å². The fraction of sp³-hybridized carbons (Fsp3) is 0.909. The molecular formula is C22H47NO10S4Si2. The van der Waals surface area contributed by atoms with Crippen LogP contribution in [0, 0.1) is 0 Å². The third kappa shape index (κ3) is 17.2. The maximum absolute atomic E-state index is 5.65. The average Bonchev–Trinajstić information content (AvgIpc) is 3.38. The van der Waals surface area contributed by atoms with Crippen molar-refractivity contribution in [2.24, 2.45) is 0 Å². The first-order chi connectivity index (χ1) is 18.7. The Hall–Kier alpha value is 0.394. The van der Waals surface area contributed by atoms with Crippen molar-refractivity contribution in [1.82, 2.24) is 5.32 Å². The first-order valence-electron chi connectivity index (χ1n) is 12.4. The summed E-state index contributed by atoms with van der Waals surface area (Å²) in [5, 5.41) is 3.19. The third-order valence-electron chi connectivity index (χ3n) is 5.50. The molecule has 17 heteroatoms. The molecule has 0 spiro atoms. The van der Waals surface area contributed by atoms with Crippen LogP contribution >= 0.6 is 48.0 Å². The largest absolute Gasteiger partial charge is 0.500 e. The average molecular weight is 670 g/mol. The quantitative estimate of drug-likeness (QED) is 0.110. The van der Waals surface area contributed by atoms with Crippen molar-refractivity contribution < 1.29 is 45.5 Å². The van der Waals surface area contributed by atoms with Gasteiger partial charge in [0.15, 0.2) is 0 Å². The molecule has 1 N–H and O–H groups in total. The summed E-state index contributed by atoms with van der Waals surface area (Å²) in [6.07, 6.45) is 3.72. The van der Waals surface area contributed by atoms with E-state index in [-0.39, 0.29) is 12.2 Å². The highest BCUT2D eigenvalue weighted by molar-refractivity contribution is 8.22. The van der Waals surface area contributed by atoms with Crippen LogP contribution in [0.15, 0.2) is 0 Å². The molecule has 0 bridgehead atoms. The highest BCUT2D eigenvalue weighted by Gasteiger charge is 2.37. The number of hydrogen-bond donors (Lipinski definition) is 1. The van der Waals surface area contributed by atoms with Gasteiger partial charge in [0.2, 0.25) is 4.38 Å². The Kier molecular flexibility index (Phi) is 24.1. The molecule has 232 valence electrons. The minimum atomic E-state index is -2.49. The first kappa shape index (κ1) is 39.4. The lowest BCUT2D eigenvalue weighted by Crippen LogP contribution is -2.42. The maximum atomic E-state index is 5.65. The molecule has 0 aromatic heterocycles. The zero-order chi connectivity index (χ0) is 29.6. The van der Waals surface area contributed by atoms with Crippen molar-refractivity contribution in [2.75, 3.05) is 93.9 Å². The Balaban J connectivity index is 0.000000748. The highest BCUT2D eigenvalue weighted by Crippen LogP contribution is 2.20. The molecule has 0 aromatic rings. The zero-order valence-corrected chi connectivity index (χ0v) is 29.7. The minimum Gasteiger partial charge on any atom is -0.472 e. The first-order valence-corrected chi connectivity index (χ1v) is 19.5. The van der Waals surface area contributed by atoms with Crippen LogP contribution in [0.1, 0.15) is 12.8 Å². The number of hydrogen-bond acceptors (Lipinski definition) is 14. The topological polar surface area (TPSA) is 104 Å². The van der Waals surface area contributed by atoms with Crippen molar-refractivity contribution in [3.8, 4) is 0 Å². The van der Waals surface area contributed by atoms with Crippen molar-refractivity contribution in [1.29, 1.82) is 0 Å². The van der Waals surface area contributed by atoms with Crippen LogP contribution in [0.3, 0.4) is 0 Å². The molecule has 1 aliphatic heterocycles. The summed E-state index contributed by atoms with van der Waals surface area (Å²) in [6.45, 7) is 2.33. The molecule has 1 heterocycles. The lowest BCUT2D eigenvalue weighted by atomic mass is 10.4. The van der Waals surface area contributed by atoms with E-state index in [2.05, 4.69) is 5.32 Å². The molecule has 2 atom stereocenters. The van der Waals surface area contributed by atoms with Gasteiger partial charge in [0.05, 0.1) is 13.2 Å². The lowest BCUT2D eigenvalue weighted by Gasteiger charge is -2.24. The number of nitrogens with one attached hydrogen (secondary N) is 1. The molecule has 1 aliphatic rings. The number of ether oxygens (including phenoxy) is 4. The van der Waals surface area contributed by atoms with Gasteiger partial charge in [-0.2, -0.15) is 11.8 Å². The number of rotatable bonds is 21. The predicted molar refractivity (Wildman–Crippen MR) is 169 cm³/mol. The summed E-state index contributed by atoms with van der Waals surface area (Å²) in [7, 11) is 6.49. The molecule has 0 amide bonds. The molecule has 2 unspecified atom stereocenters. The Morgan fingerprint density at radius 3 is 1.90 bits per heavy atom. The van der Waals surface area contributed by atoms with E-state index >= 15 is 0 Å². The molecule has 1 fully saturated rings.